The maximum absolute atomic E-state index is 11.4. The molecule has 0 aliphatic carbocycles. The number of pyridine rings is 1. The molecule has 0 aliphatic rings. The van der Waals surface area contributed by atoms with Gasteiger partial charge in [-0.3, -0.25) is 9.59 Å². The predicted octanol–water partition coefficient (Wildman–Crippen LogP) is 2.09. The summed E-state index contributed by atoms with van der Waals surface area (Å²) < 4.78 is 5.19. The van der Waals surface area contributed by atoms with Gasteiger partial charge in [0.25, 0.3) is 0 Å². The lowest BCUT2D eigenvalue weighted by Crippen LogP contribution is -2.14. The lowest BCUT2D eigenvalue weighted by atomic mass is 10.3. The van der Waals surface area contributed by atoms with Gasteiger partial charge >= 0.3 is 5.97 Å². The van der Waals surface area contributed by atoms with Crippen molar-refractivity contribution in [2.75, 3.05) is 10.6 Å². The van der Waals surface area contributed by atoms with Crippen LogP contribution in [0.2, 0.25) is 0 Å². The fourth-order valence-electron chi connectivity index (χ4n) is 1.60. The molecule has 7 nitrogen and oxygen atoms in total. The molecule has 0 unspecified atom stereocenters. The number of aliphatic carboxylic acids is 1. The number of carboxylic acids is 1. The first-order valence-corrected chi connectivity index (χ1v) is 6.37. The number of nitrogens with zero attached hydrogens (tertiary/aromatic N) is 1. The van der Waals surface area contributed by atoms with Crippen LogP contribution in [0.1, 0.15) is 18.6 Å². The van der Waals surface area contributed by atoms with Crippen molar-refractivity contribution >= 4 is 23.4 Å². The highest BCUT2D eigenvalue weighted by molar-refractivity contribution is 5.91. The van der Waals surface area contributed by atoms with Gasteiger partial charge in [-0.2, -0.15) is 0 Å². The van der Waals surface area contributed by atoms with Crippen molar-refractivity contribution in [1.82, 2.24) is 4.98 Å². The minimum absolute atomic E-state index is 0.0739. The van der Waals surface area contributed by atoms with Gasteiger partial charge in [0, 0.05) is 6.42 Å². The van der Waals surface area contributed by atoms with Crippen LogP contribution in [0, 0.1) is 0 Å². The van der Waals surface area contributed by atoms with E-state index in [4.69, 9.17) is 9.52 Å². The van der Waals surface area contributed by atoms with Crippen LogP contribution in [0.15, 0.2) is 41.1 Å². The Labute approximate surface area is 121 Å². The van der Waals surface area contributed by atoms with Crippen molar-refractivity contribution in [1.29, 1.82) is 0 Å². The third-order valence-electron chi connectivity index (χ3n) is 2.64. The minimum atomic E-state index is -1.00. The predicted molar refractivity (Wildman–Crippen MR) is 75.8 cm³/mol. The summed E-state index contributed by atoms with van der Waals surface area (Å²) in [5.41, 5.74) is 0.787. The molecule has 0 atom stereocenters. The molecule has 1 amide bonds. The number of nitrogens with one attached hydrogen (secondary N) is 2. The lowest BCUT2D eigenvalue weighted by Gasteiger charge is -2.06. The van der Waals surface area contributed by atoms with Gasteiger partial charge in [0.15, 0.2) is 0 Å². The number of furan rings is 1. The molecule has 0 aliphatic heterocycles. The van der Waals surface area contributed by atoms with E-state index in [1.807, 2.05) is 12.1 Å². The molecule has 21 heavy (non-hydrogen) atoms. The van der Waals surface area contributed by atoms with E-state index in [-0.39, 0.29) is 18.7 Å². The highest BCUT2D eigenvalue weighted by Crippen LogP contribution is 2.12. The Kier molecular flexibility index (Phi) is 4.92. The summed E-state index contributed by atoms with van der Waals surface area (Å²) in [5.74, 6) is -0.188. The van der Waals surface area contributed by atoms with Gasteiger partial charge in [-0.05, 0) is 24.3 Å². The number of carbonyl (C=O) groups excluding carboxylic acids is 1. The normalized spacial score (nSPS) is 10.1. The molecule has 0 radical (unpaired) electrons. The molecular weight excluding hydrogens is 274 g/mol. The van der Waals surface area contributed by atoms with Crippen LogP contribution in [0.4, 0.5) is 11.5 Å². The number of aromatic nitrogens is 1. The van der Waals surface area contributed by atoms with E-state index in [0.717, 1.165) is 11.4 Å². The number of carboxylic acid groups (broad SMARTS) is 1. The third-order valence-corrected chi connectivity index (χ3v) is 2.64. The summed E-state index contributed by atoms with van der Waals surface area (Å²) in [5, 5.41) is 14.1. The first kappa shape index (κ1) is 14.6. The van der Waals surface area contributed by atoms with Crippen molar-refractivity contribution in [2.45, 2.75) is 19.4 Å². The Morgan fingerprint density at radius 2 is 2.10 bits per heavy atom. The van der Waals surface area contributed by atoms with Crippen LogP contribution in [0.25, 0.3) is 0 Å². The first-order valence-electron chi connectivity index (χ1n) is 6.37. The number of anilines is 2. The quantitative estimate of drug-likeness (QED) is 0.721. The minimum Gasteiger partial charge on any atom is -0.481 e. The van der Waals surface area contributed by atoms with Gasteiger partial charge in [0.2, 0.25) is 5.91 Å². The molecule has 2 aromatic rings. The van der Waals surface area contributed by atoms with Gasteiger partial charge in [-0.15, -0.1) is 0 Å². The molecule has 2 rings (SSSR count). The number of carbonyl (C=O) groups is 2. The SMILES string of the molecule is O=C(O)CCC(=O)Nc1ccc(NCc2ccco2)cn1. The molecule has 0 fully saturated rings. The molecule has 0 aromatic carbocycles. The van der Waals surface area contributed by atoms with Crippen molar-refractivity contribution < 1.29 is 19.1 Å². The van der Waals surface area contributed by atoms with Gasteiger partial charge in [0.05, 0.1) is 31.1 Å². The second kappa shape index (κ2) is 7.09. The van der Waals surface area contributed by atoms with E-state index in [1.54, 1.807) is 24.6 Å². The fourth-order valence-corrected chi connectivity index (χ4v) is 1.60. The Morgan fingerprint density at radius 3 is 2.71 bits per heavy atom. The number of hydrogen-bond acceptors (Lipinski definition) is 5. The molecule has 110 valence electrons. The summed E-state index contributed by atoms with van der Waals surface area (Å²) in [7, 11) is 0. The lowest BCUT2D eigenvalue weighted by molar-refractivity contribution is -0.138. The van der Waals surface area contributed by atoms with Crippen LogP contribution >= 0.6 is 0 Å². The molecular formula is C14H15N3O4. The second-order valence-electron chi connectivity index (χ2n) is 4.31. The third kappa shape index (κ3) is 4.98. The van der Waals surface area contributed by atoms with Crippen molar-refractivity contribution in [3.63, 3.8) is 0 Å². The van der Waals surface area contributed by atoms with Crippen molar-refractivity contribution in [3.05, 3.63) is 42.5 Å². The van der Waals surface area contributed by atoms with Crippen LogP contribution in [-0.4, -0.2) is 22.0 Å². The topological polar surface area (TPSA) is 104 Å². The number of hydrogen-bond donors (Lipinski definition) is 3. The standard InChI is InChI=1S/C14H15N3O4/c18-13(5-6-14(19)20)17-12-4-3-10(8-16-12)15-9-11-2-1-7-21-11/h1-4,7-8,15H,5-6,9H2,(H,19,20)(H,16,17,18). The van der Waals surface area contributed by atoms with Gasteiger partial charge in [-0.1, -0.05) is 0 Å². The average molecular weight is 289 g/mol. The van der Waals surface area contributed by atoms with Crippen LogP contribution < -0.4 is 10.6 Å². The van der Waals surface area contributed by atoms with E-state index in [0.29, 0.717) is 12.4 Å². The van der Waals surface area contributed by atoms with E-state index < -0.39 is 5.97 Å². The smallest absolute Gasteiger partial charge is 0.303 e. The van der Waals surface area contributed by atoms with Gasteiger partial charge < -0.3 is 20.2 Å². The van der Waals surface area contributed by atoms with Crippen molar-refractivity contribution in [2.24, 2.45) is 0 Å². The van der Waals surface area contributed by atoms with E-state index in [9.17, 15) is 9.59 Å². The summed E-state index contributed by atoms with van der Waals surface area (Å²) >= 11 is 0. The Balaban J connectivity index is 1.81. The van der Waals surface area contributed by atoms with E-state index in [2.05, 4.69) is 15.6 Å². The highest BCUT2D eigenvalue weighted by atomic mass is 16.4. The van der Waals surface area contributed by atoms with Crippen molar-refractivity contribution in [3.8, 4) is 0 Å². The molecule has 3 N–H and O–H groups in total. The van der Waals surface area contributed by atoms with Gasteiger partial charge in [-0.25, -0.2) is 4.98 Å². The average Bonchev–Trinajstić information content (AvgIpc) is 2.98. The molecule has 0 saturated heterocycles. The number of rotatable bonds is 7. The summed E-state index contributed by atoms with van der Waals surface area (Å²) in [4.78, 5) is 25.9. The van der Waals surface area contributed by atoms with E-state index in [1.165, 1.54) is 0 Å². The Morgan fingerprint density at radius 1 is 1.24 bits per heavy atom. The fraction of sp³-hybridized carbons (Fsp3) is 0.214. The van der Waals surface area contributed by atoms with Crippen LogP contribution in [0.5, 0.6) is 0 Å². The molecule has 0 saturated carbocycles. The molecule has 2 aromatic heterocycles. The Hall–Kier alpha value is -2.83. The highest BCUT2D eigenvalue weighted by Gasteiger charge is 2.06. The zero-order chi connectivity index (χ0) is 15.1. The second-order valence-corrected chi connectivity index (χ2v) is 4.31. The summed E-state index contributed by atoms with van der Waals surface area (Å²) in [6.45, 7) is 0.541. The molecule has 2 heterocycles. The maximum atomic E-state index is 11.4. The van der Waals surface area contributed by atoms with Crippen LogP contribution in [0.3, 0.4) is 0 Å². The number of amides is 1. The molecule has 7 heteroatoms. The monoisotopic (exact) mass is 289 g/mol. The van der Waals surface area contributed by atoms with Crippen LogP contribution in [-0.2, 0) is 16.1 Å². The largest absolute Gasteiger partial charge is 0.481 e. The van der Waals surface area contributed by atoms with Gasteiger partial charge in [0.1, 0.15) is 11.6 Å². The molecule has 0 spiro atoms. The zero-order valence-corrected chi connectivity index (χ0v) is 11.2. The maximum Gasteiger partial charge on any atom is 0.303 e. The molecule has 0 bridgehead atoms. The Bertz CT molecular complexity index is 593. The summed E-state index contributed by atoms with van der Waals surface area (Å²) in [6.07, 6.45) is 2.91. The zero-order valence-electron chi connectivity index (χ0n) is 11.2. The summed E-state index contributed by atoms with van der Waals surface area (Å²) in [6, 6.07) is 7.08. The first-order chi connectivity index (χ1) is 10.1. The van der Waals surface area contributed by atoms with E-state index >= 15 is 0 Å².